The first-order valence-electron chi connectivity index (χ1n) is 6.06. The van der Waals surface area contributed by atoms with Gasteiger partial charge >= 0.3 is 0 Å². The molecule has 0 bridgehead atoms. The zero-order valence-corrected chi connectivity index (χ0v) is 12.2. The van der Waals surface area contributed by atoms with Crippen molar-refractivity contribution in [3.8, 4) is 17.5 Å². The number of hydrogen-bond donors (Lipinski definition) is 1. The smallest absolute Gasteiger partial charge is 0.182 e. The topological polar surface area (TPSA) is 64.3 Å². The summed E-state index contributed by atoms with van der Waals surface area (Å²) in [7, 11) is 4.05. The van der Waals surface area contributed by atoms with E-state index in [0.717, 1.165) is 28.5 Å². The van der Waals surface area contributed by atoms with Crippen LogP contribution in [0.2, 0.25) is 0 Å². The fraction of sp³-hybridized carbons (Fsp3) is 0.214. The summed E-state index contributed by atoms with van der Waals surface area (Å²) in [4.78, 5) is 10.9. The van der Waals surface area contributed by atoms with Gasteiger partial charge in [0, 0.05) is 17.5 Å². The Hall–Kier alpha value is -2.23. The highest BCUT2D eigenvalue weighted by Gasteiger charge is 2.05. The van der Waals surface area contributed by atoms with E-state index in [9.17, 15) is 0 Å². The second kappa shape index (κ2) is 6.80. The highest BCUT2D eigenvalue weighted by Crippen LogP contribution is 2.25. The lowest BCUT2D eigenvalue weighted by Gasteiger charge is -2.05. The summed E-state index contributed by atoms with van der Waals surface area (Å²) in [6.45, 7) is 0.842. The lowest BCUT2D eigenvalue weighted by Crippen LogP contribution is -2.10. The van der Waals surface area contributed by atoms with Gasteiger partial charge in [0.25, 0.3) is 0 Å². The van der Waals surface area contributed by atoms with Crippen molar-refractivity contribution in [1.29, 1.82) is 5.26 Å². The third-order valence-electron chi connectivity index (χ3n) is 2.49. The molecule has 0 radical (unpaired) electrons. The third kappa shape index (κ3) is 3.88. The van der Waals surface area contributed by atoms with Crippen molar-refractivity contribution in [2.75, 3.05) is 14.1 Å². The van der Waals surface area contributed by atoms with Crippen LogP contribution >= 0.6 is 11.3 Å². The van der Waals surface area contributed by atoms with E-state index in [1.807, 2.05) is 38.4 Å². The zero-order valence-electron chi connectivity index (χ0n) is 11.4. The van der Waals surface area contributed by atoms with E-state index >= 15 is 0 Å². The van der Waals surface area contributed by atoms with Gasteiger partial charge in [0.2, 0.25) is 0 Å². The first kappa shape index (κ1) is 14.2. The fourth-order valence-corrected chi connectivity index (χ4v) is 2.59. The van der Waals surface area contributed by atoms with Crippen LogP contribution in [0.25, 0.3) is 11.3 Å². The molecule has 2 rings (SSSR count). The molecule has 1 aromatic heterocycles. The number of nitrogens with zero attached hydrogens (tertiary/aromatic N) is 4. The molecule has 0 aliphatic heterocycles. The standard InChI is InChI=1S/C14H15N5S/c1-19(2)7-14-18-13(8-20-14)11-4-3-5-12(6-11)17-10-16-9-15/h3-6,8,10H,7H2,1-2H3,(H,16,17). The summed E-state index contributed by atoms with van der Waals surface area (Å²) < 4.78 is 0. The average Bonchev–Trinajstić information content (AvgIpc) is 2.87. The van der Waals surface area contributed by atoms with E-state index in [-0.39, 0.29) is 0 Å². The van der Waals surface area contributed by atoms with E-state index in [4.69, 9.17) is 5.26 Å². The molecule has 1 heterocycles. The van der Waals surface area contributed by atoms with Gasteiger partial charge in [0.05, 0.1) is 11.4 Å². The molecule has 0 atom stereocenters. The van der Waals surface area contributed by atoms with Crippen molar-refractivity contribution >= 4 is 23.4 Å². The number of hydrogen-bond acceptors (Lipinski definition) is 5. The molecule has 2 aromatic rings. The SMILES string of the molecule is CN(C)Cc1nc(-c2cccc(N=CNC#N)c2)cs1. The molecular weight excluding hydrogens is 270 g/mol. The quantitative estimate of drug-likeness (QED) is 0.397. The van der Waals surface area contributed by atoms with Crippen LogP contribution in [0.3, 0.4) is 0 Å². The number of nitriles is 1. The Morgan fingerprint density at radius 3 is 3.10 bits per heavy atom. The van der Waals surface area contributed by atoms with Gasteiger partial charge in [-0.2, -0.15) is 5.26 Å². The van der Waals surface area contributed by atoms with Gasteiger partial charge < -0.3 is 4.90 Å². The number of benzene rings is 1. The van der Waals surface area contributed by atoms with E-state index in [0.29, 0.717) is 0 Å². The van der Waals surface area contributed by atoms with Crippen LogP contribution < -0.4 is 5.32 Å². The van der Waals surface area contributed by atoms with E-state index in [1.165, 1.54) is 6.34 Å². The lowest BCUT2D eigenvalue weighted by molar-refractivity contribution is 0.402. The van der Waals surface area contributed by atoms with Crippen molar-refractivity contribution in [2.24, 2.45) is 4.99 Å². The fourth-order valence-electron chi connectivity index (χ4n) is 1.67. The summed E-state index contributed by atoms with van der Waals surface area (Å²) in [6, 6.07) is 7.76. The third-order valence-corrected chi connectivity index (χ3v) is 3.32. The van der Waals surface area contributed by atoms with Crippen LogP contribution in [0.4, 0.5) is 5.69 Å². The molecule has 0 saturated heterocycles. The predicted octanol–water partition coefficient (Wildman–Crippen LogP) is 2.60. The molecule has 5 nitrogen and oxygen atoms in total. The Balaban J connectivity index is 2.18. The molecule has 0 fully saturated rings. The van der Waals surface area contributed by atoms with Crippen LogP contribution in [-0.2, 0) is 6.54 Å². The molecule has 0 unspecified atom stereocenters. The Labute approximate surface area is 122 Å². The molecular formula is C14H15N5S. The molecule has 1 N–H and O–H groups in total. The minimum absolute atomic E-state index is 0.785. The van der Waals surface area contributed by atoms with E-state index < -0.39 is 0 Å². The molecule has 102 valence electrons. The predicted molar refractivity (Wildman–Crippen MR) is 81.8 cm³/mol. The minimum Gasteiger partial charge on any atom is -0.303 e. The van der Waals surface area contributed by atoms with Crippen molar-refractivity contribution in [3.05, 3.63) is 34.7 Å². The highest BCUT2D eigenvalue weighted by molar-refractivity contribution is 7.09. The van der Waals surface area contributed by atoms with Gasteiger partial charge in [-0.15, -0.1) is 11.3 Å². The van der Waals surface area contributed by atoms with Gasteiger partial charge in [-0.3, -0.25) is 5.32 Å². The molecule has 0 amide bonds. The van der Waals surface area contributed by atoms with Gasteiger partial charge in [0.1, 0.15) is 11.3 Å². The summed E-state index contributed by atoms with van der Waals surface area (Å²) in [5.74, 6) is 0. The van der Waals surface area contributed by atoms with Crippen molar-refractivity contribution in [2.45, 2.75) is 6.54 Å². The molecule has 20 heavy (non-hydrogen) atoms. The molecule has 0 aliphatic rings. The number of nitrogens with one attached hydrogen (secondary N) is 1. The van der Waals surface area contributed by atoms with Crippen LogP contribution in [-0.4, -0.2) is 30.3 Å². The van der Waals surface area contributed by atoms with Crippen LogP contribution in [0.1, 0.15) is 5.01 Å². The van der Waals surface area contributed by atoms with Gasteiger partial charge in [-0.05, 0) is 26.2 Å². The summed E-state index contributed by atoms with van der Waals surface area (Å²) in [6.07, 6.45) is 3.16. The average molecular weight is 285 g/mol. The minimum atomic E-state index is 0.785. The zero-order chi connectivity index (χ0) is 14.4. The number of aromatic nitrogens is 1. The van der Waals surface area contributed by atoms with Crippen molar-refractivity contribution < 1.29 is 0 Å². The van der Waals surface area contributed by atoms with Crippen LogP contribution in [0, 0.1) is 11.5 Å². The Kier molecular flexibility index (Phi) is 4.82. The molecule has 0 saturated carbocycles. The van der Waals surface area contributed by atoms with Crippen LogP contribution in [0.15, 0.2) is 34.6 Å². The summed E-state index contributed by atoms with van der Waals surface area (Å²) >= 11 is 1.65. The van der Waals surface area contributed by atoms with Crippen LogP contribution in [0.5, 0.6) is 0 Å². The lowest BCUT2D eigenvalue weighted by atomic mass is 10.1. The molecule has 1 aromatic carbocycles. The van der Waals surface area contributed by atoms with E-state index in [1.54, 1.807) is 17.5 Å². The Morgan fingerprint density at radius 1 is 1.50 bits per heavy atom. The second-order valence-corrected chi connectivity index (χ2v) is 5.37. The maximum Gasteiger partial charge on any atom is 0.182 e. The molecule has 6 heteroatoms. The first-order chi connectivity index (χ1) is 9.69. The van der Waals surface area contributed by atoms with Crippen molar-refractivity contribution in [3.63, 3.8) is 0 Å². The number of thiazole rings is 1. The highest BCUT2D eigenvalue weighted by atomic mass is 32.1. The van der Waals surface area contributed by atoms with Gasteiger partial charge in [-0.25, -0.2) is 9.98 Å². The first-order valence-corrected chi connectivity index (χ1v) is 6.94. The summed E-state index contributed by atoms with van der Waals surface area (Å²) in [5.41, 5.74) is 2.77. The summed E-state index contributed by atoms with van der Waals surface area (Å²) in [5, 5.41) is 13.9. The van der Waals surface area contributed by atoms with Crippen molar-refractivity contribution in [1.82, 2.24) is 15.2 Å². The normalized spacial score (nSPS) is 10.9. The maximum atomic E-state index is 8.39. The Morgan fingerprint density at radius 2 is 2.35 bits per heavy atom. The monoisotopic (exact) mass is 285 g/mol. The van der Waals surface area contributed by atoms with Gasteiger partial charge in [0.15, 0.2) is 6.19 Å². The number of aliphatic imine (C=N–C) groups is 1. The second-order valence-electron chi connectivity index (χ2n) is 4.43. The molecule has 0 aliphatic carbocycles. The largest absolute Gasteiger partial charge is 0.303 e. The maximum absolute atomic E-state index is 8.39. The van der Waals surface area contributed by atoms with Gasteiger partial charge in [-0.1, -0.05) is 12.1 Å². The Bertz CT molecular complexity index is 639. The number of rotatable bonds is 5. The molecule has 0 spiro atoms. The van der Waals surface area contributed by atoms with E-state index in [2.05, 4.69) is 25.6 Å².